The summed E-state index contributed by atoms with van der Waals surface area (Å²) < 4.78 is 50.4. The summed E-state index contributed by atoms with van der Waals surface area (Å²) >= 11 is 0. The molecule has 0 aliphatic carbocycles. The summed E-state index contributed by atoms with van der Waals surface area (Å²) in [5.74, 6) is -0.0805. The maximum atomic E-state index is 13.2. The van der Waals surface area contributed by atoms with Crippen LogP contribution in [-0.4, -0.2) is 58.9 Å². The molecule has 2 heterocycles. The van der Waals surface area contributed by atoms with Gasteiger partial charge in [-0.3, -0.25) is 4.79 Å². The zero-order chi connectivity index (χ0) is 30.3. The highest BCUT2D eigenvalue weighted by molar-refractivity contribution is 5.76. The summed E-state index contributed by atoms with van der Waals surface area (Å²) in [7, 11) is 1.28. The number of carbonyl (C=O) groups excluding carboxylic acids is 2. The normalized spacial score (nSPS) is 15.6. The highest BCUT2D eigenvalue weighted by Crippen LogP contribution is 2.38. The Labute approximate surface area is 233 Å². The average molecular weight is 568 g/mol. The molecule has 9 nitrogen and oxygen atoms in total. The maximum absolute atomic E-state index is 13.2. The van der Waals surface area contributed by atoms with Crippen molar-refractivity contribution < 1.29 is 32.2 Å². The number of methoxy groups -OCH3 is 1. The van der Waals surface area contributed by atoms with E-state index in [0.29, 0.717) is 41.3 Å². The number of nitrogens with zero attached hydrogens (tertiary/aromatic N) is 3. The number of hydrogen-bond donors (Lipinski definition) is 2. The van der Waals surface area contributed by atoms with E-state index in [1.54, 1.807) is 32.6 Å². The molecule has 1 fully saturated rings. The Hall–Kier alpha value is -3.57. The van der Waals surface area contributed by atoms with Crippen LogP contribution in [0.1, 0.15) is 70.6 Å². The van der Waals surface area contributed by atoms with Crippen LogP contribution in [0.2, 0.25) is 0 Å². The van der Waals surface area contributed by atoms with Crippen molar-refractivity contribution >= 4 is 17.8 Å². The topological polar surface area (TPSA) is 120 Å². The van der Waals surface area contributed by atoms with Crippen molar-refractivity contribution in [2.45, 2.75) is 85.0 Å². The Morgan fingerprint density at radius 2 is 1.85 bits per heavy atom. The minimum absolute atomic E-state index is 0.000863. The molecule has 0 saturated carbocycles. The van der Waals surface area contributed by atoms with Gasteiger partial charge >= 0.3 is 12.3 Å². The number of ether oxygens (including phenoxy) is 2. The number of primary amides is 1. The number of piperidine rings is 1. The van der Waals surface area contributed by atoms with Gasteiger partial charge in [0.25, 0.3) is 0 Å². The maximum Gasteiger partial charge on any atom is 0.416 e. The monoisotopic (exact) mass is 567 g/mol. The quantitative estimate of drug-likeness (QED) is 0.438. The van der Waals surface area contributed by atoms with Gasteiger partial charge in [-0.2, -0.15) is 13.2 Å². The van der Waals surface area contributed by atoms with Crippen molar-refractivity contribution in [3.63, 3.8) is 0 Å². The molecule has 1 aliphatic heterocycles. The first-order valence-corrected chi connectivity index (χ1v) is 13.3. The van der Waals surface area contributed by atoms with Gasteiger partial charge in [-0.1, -0.05) is 13.8 Å². The van der Waals surface area contributed by atoms with Gasteiger partial charge in [0.15, 0.2) is 5.82 Å². The van der Waals surface area contributed by atoms with Crippen molar-refractivity contribution in [3.05, 3.63) is 34.9 Å². The fraction of sp³-hybridized carbons (Fsp3) is 0.571. The summed E-state index contributed by atoms with van der Waals surface area (Å²) in [4.78, 5) is 25.8. The van der Waals surface area contributed by atoms with E-state index in [1.165, 1.54) is 13.2 Å². The van der Waals surface area contributed by atoms with Crippen LogP contribution in [0, 0.1) is 6.92 Å². The van der Waals surface area contributed by atoms with Crippen LogP contribution in [0.15, 0.2) is 18.2 Å². The zero-order valence-corrected chi connectivity index (χ0v) is 24.2. The second kappa shape index (κ2) is 13.7. The molecule has 0 radical (unpaired) electrons. The third-order valence-corrected chi connectivity index (χ3v) is 6.16. The third kappa shape index (κ3) is 8.72. The molecule has 1 aromatic carbocycles. The predicted molar refractivity (Wildman–Crippen MR) is 147 cm³/mol. The van der Waals surface area contributed by atoms with Gasteiger partial charge in [0.05, 0.1) is 18.4 Å². The number of amides is 2. The molecule has 12 heteroatoms. The molecule has 1 saturated heterocycles. The Bertz CT molecular complexity index is 1180. The van der Waals surface area contributed by atoms with Crippen LogP contribution in [0.4, 0.5) is 23.8 Å². The molecule has 1 aromatic heterocycles. The van der Waals surface area contributed by atoms with Crippen LogP contribution in [0.3, 0.4) is 0 Å². The lowest BCUT2D eigenvalue weighted by atomic mass is 9.97. The van der Waals surface area contributed by atoms with E-state index in [1.807, 2.05) is 13.8 Å². The molecule has 40 heavy (non-hydrogen) atoms. The molecule has 1 atom stereocenters. The molecular weight excluding hydrogens is 527 g/mol. The highest BCUT2D eigenvalue weighted by atomic mass is 19.4. The summed E-state index contributed by atoms with van der Waals surface area (Å²) in [5, 5.41) is 12.0. The Morgan fingerprint density at radius 1 is 1.18 bits per heavy atom. The van der Waals surface area contributed by atoms with Crippen molar-refractivity contribution in [2.24, 2.45) is 5.73 Å². The fourth-order valence-electron chi connectivity index (χ4n) is 4.33. The number of alkyl halides is 3. The Kier molecular flexibility index (Phi) is 11.2. The highest BCUT2D eigenvalue weighted by Gasteiger charge is 2.32. The van der Waals surface area contributed by atoms with Gasteiger partial charge in [-0.05, 0) is 70.7 Å². The number of hydrogen-bond acceptors (Lipinski definition) is 7. The SMILES string of the molecule is CC.COc1cc(C(F)(F)F)ccc1-c1nnc(NC2CCCN(C(=O)OC(C)(C)C)C2)c(CCC(N)=O)c1C. The molecule has 1 aliphatic rings. The van der Waals surface area contributed by atoms with E-state index in [2.05, 4.69) is 15.5 Å². The molecular formula is C28H40F3N5O4. The number of nitrogens with two attached hydrogens (primary N) is 1. The van der Waals surface area contributed by atoms with Crippen LogP contribution < -0.4 is 15.8 Å². The lowest BCUT2D eigenvalue weighted by Crippen LogP contribution is -2.47. The third-order valence-electron chi connectivity index (χ3n) is 6.16. The number of carbonyl (C=O) groups is 2. The van der Waals surface area contributed by atoms with Crippen LogP contribution in [0.5, 0.6) is 5.75 Å². The van der Waals surface area contributed by atoms with E-state index < -0.39 is 29.3 Å². The summed E-state index contributed by atoms with van der Waals surface area (Å²) in [6.07, 6.45) is -3.12. The number of rotatable bonds is 7. The van der Waals surface area contributed by atoms with Gasteiger partial charge in [0.1, 0.15) is 11.4 Å². The fourth-order valence-corrected chi connectivity index (χ4v) is 4.33. The minimum Gasteiger partial charge on any atom is -0.496 e. The van der Waals surface area contributed by atoms with Gasteiger partial charge < -0.3 is 25.4 Å². The largest absolute Gasteiger partial charge is 0.496 e. The molecule has 222 valence electrons. The summed E-state index contributed by atoms with van der Waals surface area (Å²) in [6, 6.07) is 3.02. The van der Waals surface area contributed by atoms with E-state index in [9.17, 15) is 22.8 Å². The van der Waals surface area contributed by atoms with Crippen LogP contribution in [0.25, 0.3) is 11.3 Å². The Balaban J connectivity index is 0.00000274. The smallest absolute Gasteiger partial charge is 0.416 e. The predicted octanol–water partition coefficient (Wildman–Crippen LogP) is 5.73. The number of halogens is 3. The summed E-state index contributed by atoms with van der Waals surface area (Å²) in [6.45, 7) is 12.1. The second-order valence-corrected chi connectivity index (χ2v) is 10.3. The molecule has 2 aromatic rings. The van der Waals surface area contributed by atoms with Crippen molar-refractivity contribution in [3.8, 4) is 17.0 Å². The van der Waals surface area contributed by atoms with Crippen molar-refractivity contribution in [2.75, 3.05) is 25.5 Å². The van der Waals surface area contributed by atoms with Crippen molar-refractivity contribution in [1.29, 1.82) is 0 Å². The Morgan fingerprint density at radius 3 is 2.42 bits per heavy atom. The lowest BCUT2D eigenvalue weighted by Gasteiger charge is -2.35. The first kappa shape index (κ1) is 32.6. The molecule has 1 unspecified atom stereocenters. The number of aromatic nitrogens is 2. The zero-order valence-electron chi connectivity index (χ0n) is 24.2. The van der Waals surface area contributed by atoms with Gasteiger partial charge in [0, 0.05) is 36.7 Å². The standard InChI is InChI=1S/C26H34F3N5O4.C2H6/c1-15-18(10-11-21(30)35)23(31-17-7-6-12-34(14-17)24(36)38-25(2,3)4)33-32-22(15)19-9-8-16(26(27,28)29)13-20(19)37-5;1-2/h8-9,13,17H,6-7,10-12,14H2,1-5H3,(H2,30,35)(H,31,33);1-2H3. The average Bonchev–Trinajstić information content (AvgIpc) is 2.88. The van der Waals surface area contributed by atoms with Crippen molar-refractivity contribution in [1.82, 2.24) is 15.1 Å². The number of nitrogens with one attached hydrogen (secondary N) is 1. The van der Waals surface area contributed by atoms with E-state index in [4.69, 9.17) is 15.2 Å². The van der Waals surface area contributed by atoms with Crippen LogP contribution in [-0.2, 0) is 22.1 Å². The lowest BCUT2D eigenvalue weighted by molar-refractivity contribution is -0.137. The first-order valence-electron chi connectivity index (χ1n) is 13.3. The molecule has 2 amide bonds. The van der Waals surface area contributed by atoms with E-state index in [-0.39, 0.29) is 24.6 Å². The number of likely N-dealkylation sites (tertiary alicyclic amines) is 1. The van der Waals surface area contributed by atoms with Gasteiger partial charge in [-0.25, -0.2) is 4.79 Å². The van der Waals surface area contributed by atoms with Crippen LogP contribution >= 0.6 is 0 Å². The van der Waals surface area contributed by atoms with Gasteiger partial charge in [0.2, 0.25) is 5.91 Å². The molecule has 3 rings (SSSR count). The summed E-state index contributed by atoms with van der Waals surface area (Å²) in [5.41, 5.74) is 5.90. The number of anilines is 1. The minimum atomic E-state index is -4.53. The van der Waals surface area contributed by atoms with Gasteiger partial charge in [-0.15, -0.1) is 10.2 Å². The second-order valence-electron chi connectivity index (χ2n) is 10.3. The molecule has 0 bridgehead atoms. The molecule has 0 spiro atoms. The number of benzene rings is 1. The first-order chi connectivity index (χ1) is 18.7. The molecule has 3 N–H and O–H groups in total. The van der Waals surface area contributed by atoms with E-state index in [0.717, 1.165) is 25.0 Å². The van der Waals surface area contributed by atoms with E-state index >= 15 is 0 Å².